The van der Waals surface area contributed by atoms with Crippen molar-refractivity contribution in [2.45, 2.75) is 32.8 Å². The maximum absolute atomic E-state index is 11.5. The zero-order valence-electron chi connectivity index (χ0n) is 12.4. The van der Waals surface area contributed by atoms with E-state index in [4.69, 9.17) is 9.47 Å². The predicted octanol–water partition coefficient (Wildman–Crippen LogP) is 3.32. The number of rotatable bonds is 6. The highest BCUT2D eigenvalue weighted by molar-refractivity contribution is 5.67. The Balaban J connectivity index is 2.31. The summed E-state index contributed by atoms with van der Waals surface area (Å²) in [4.78, 5) is 11.5. The number of carbonyl (C=O) groups excluding carboxylic acids is 1. The lowest BCUT2D eigenvalue weighted by Crippen LogP contribution is -2.33. The summed E-state index contributed by atoms with van der Waals surface area (Å²) in [6.07, 6.45) is 2.07. The molecule has 1 rings (SSSR count). The van der Waals surface area contributed by atoms with Gasteiger partial charge in [0.2, 0.25) is 0 Å². The van der Waals surface area contributed by atoms with Crippen molar-refractivity contribution >= 4 is 6.09 Å². The van der Waals surface area contributed by atoms with Crippen LogP contribution in [0.4, 0.5) is 4.79 Å². The number of benzene rings is 1. The number of nitrogens with one attached hydrogen (secondary N) is 1. The Hall–Kier alpha value is -1.97. The molecule has 0 atom stereocenters. The van der Waals surface area contributed by atoms with E-state index in [-0.39, 0.29) is 6.09 Å². The van der Waals surface area contributed by atoms with Crippen molar-refractivity contribution in [2.75, 3.05) is 13.2 Å². The van der Waals surface area contributed by atoms with Crippen molar-refractivity contribution < 1.29 is 14.3 Å². The molecule has 1 amide bonds. The third-order valence-electron chi connectivity index (χ3n) is 2.37. The molecule has 0 aliphatic carbocycles. The molecule has 1 N–H and O–H groups in total. The van der Waals surface area contributed by atoms with Crippen molar-refractivity contribution in [1.82, 2.24) is 5.32 Å². The molecule has 110 valence electrons. The molecule has 0 aromatic heterocycles. The normalized spacial score (nSPS) is 10.8. The Morgan fingerprint density at radius 3 is 2.50 bits per heavy atom. The smallest absolute Gasteiger partial charge is 0.407 e. The molecule has 20 heavy (non-hydrogen) atoms. The maximum atomic E-state index is 11.5. The second-order valence-corrected chi connectivity index (χ2v) is 5.42. The van der Waals surface area contributed by atoms with Crippen molar-refractivity contribution in [2.24, 2.45) is 0 Å². The lowest BCUT2D eigenvalue weighted by Gasteiger charge is -2.19. The molecule has 4 nitrogen and oxygen atoms in total. The van der Waals surface area contributed by atoms with Gasteiger partial charge in [0.15, 0.2) is 0 Å². The molecule has 0 bridgehead atoms. The van der Waals surface area contributed by atoms with Gasteiger partial charge >= 0.3 is 6.09 Å². The summed E-state index contributed by atoms with van der Waals surface area (Å²) in [6.45, 7) is 10.2. The van der Waals surface area contributed by atoms with E-state index in [1.165, 1.54) is 0 Å². The first-order chi connectivity index (χ1) is 9.40. The molecule has 0 aliphatic heterocycles. The Morgan fingerprint density at radius 2 is 1.95 bits per heavy atom. The monoisotopic (exact) mass is 277 g/mol. The molecule has 1 aromatic rings. The molecule has 0 radical (unpaired) electrons. The summed E-state index contributed by atoms with van der Waals surface area (Å²) >= 11 is 0. The van der Waals surface area contributed by atoms with Gasteiger partial charge in [-0.25, -0.2) is 4.79 Å². The van der Waals surface area contributed by atoms with Crippen LogP contribution in [0.5, 0.6) is 5.75 Å². The Bertz CT molecular complexity index is 432. The molecule has 0 spiro atoms. The van der Waals surface area contributed by atoms with Crippen LogP contribution in [0.2, 0.25) is 0 Å². The SMILES string of the molecule is C=CCOc1ccc(CCNC(=O)OC(C)(C)C)cc1. The van der Waals surface area contributed by atoms with Gasteiger partial charge in [-0.3, -0.25) is 0 Å². The van der Waals surface area contributed by atoms with Crippen molar-refractivity contribution in [1.29, 1.82) is 0 Å². The van der Waals surface area contributed by atoms with Crippen LogP contribution in [0.25, 0.3) is 0 Å². The molecular formula is C16H23NO3. The van der Waals surface area contributed by atoms with Crippen LogP contribution < -0.4 is 10.1 Å². The second kappa shape index (κ2) is 7.58. The Labute approximate surface area is 120 Å². The topological polar surface area (TPSA) is 47.6 Å². The van der Waals surface area contributed by atoms with E-state index in [9.17, 15) is 4.79 Å². The number of amides is 1. The predicted molar refractivity (Wildman–Crippen MR) is 80.1 cm³/mol. The minimum atomic E-state index is -0.464. The first-order valence-electron chi connectivity index (χ1n) is 6.70. The maximum Gasteiger partial charge on any atom is 0.407 e. The number of ether oxygens (including phenoxy) is 2. The van der Waals surface area contributed by atoms with Gasteiger partial charge in [0.1, 0.15) is 18.0 Å². The zero-order valence-corrected chi connectivity index (χ0v) is 12.4. The molecule has 0 heterocycles. The summed E-state index contributed by atoms with van der Waals surface area (Å²) in [5, 5.41) is 2.73. The third kappa shape index (κ3) is 6.83. The van der Waals surface area contributed by atoms with Crippen LogP contribution in [-0.2, 0) is 11.2 Å². The quantitative estimate of drug-likeness (QED) is 0.811. The Kier molecular flexibility index (Phi) is 6.10. The number of carbonyl (C=O) groups is 1. The van der Waals surface area contributed by atoms with Crippen LogP contribution in [0.1, 0.15) is 26.3 Å². The van der Waals surface area contributed by atoms with Gasteiger partial charge in [0, 0.05) is 6.54 Å². The first-order valence-corrected chi connectivity index (χ1v) is 6.70. The molecule has 0 saturated carbocycles. The van der Waals surface area contributed by atoms with Crippen molar-refractivity contribution in [3.05, 3.63) is 42.5 Å². The summed E-state index contributed by atoms with van der Waals surface area (Å²) in [6, 6.07) is 7.78. The highest BCUT2D eigenvalue weighted by Gasteiger charge is 2.15. The molecule has 0 saturated heterocycles. The average Bonchev–Trinajstić information content (AvgIpc) is 2.35. The third-order valence-corrected chi connectivity index (χ3v) is 2.37. The summed E-state index contributed by atoms with van der Waals surface area (Å²) in [5.74, 6) is 0.814. The highest BCUT2D eigenvalue weighted by Crippen LogP contribution is 2.12. The lowest BCUT2D eigenvalue weighted by atomic mass is 10.1. The van der Waals surface area contributed by atoms with E-state index in [1.807, 2.05) is 45.0 Å². The van der Waals surface area contributed by atoms with E-state index in [1.54, 1.807) is 6.08 Å². The van der Waals surface area contributed by atoms with Gasteiger partial charge in [-0.2, -0.15) is 0 Å². The van der Waals surface area contributed by atoms with Gasteiger partial charge in [-0.1, -0.05) is 24.8 Å². The highest BCUT2D eigenvalue weighted by atomic mass is 16.6. The van der Waals surface area contributed by atoms with Gasteiger partial charge in [-0.05, 0) is 44.9 Å². The molecule has 0 unspecified atom stereocenters. The van der Waals surface area contributed by atoms with Gasteiger partial charge in [-0.15, -0.1) is 0 Å². The van der Waals surface area contributed by atoms with Gasteiger partial charge < -0.3 is 14.8 Å². The summed E-state index contributed by atoms with van der Waals surface area (Å²) < 4.78 is 10.6. The number of hydrogen-bond acceptors (Lipinski definition) is 3. The second-order valence-electron chi connectivity index (χ2n) is 5.42. The van der Waals surface area contributed by atoms with Crippen LogP contribution in [0, 0.1) is 0 Å². The van der Waals surface area contributed by atoms with E-state index < -0.39 is 5.60 Å². The van der Waals surface area contributed by atoms with Crippen LogP contribution in [0.3, 0.4) is 0 Å². The molecule has 4 heteroatoms. The summed E-state index contributed by atoms with van der Waals surface area (Å²) in [5.41, 5.74) is 0.667. The molecule has 0 aliphatic rings. The molecule has 0 fully saturated rings. The van der Waals surface area contributed by atoms with E-state index in [2.05, 4.69) is 11.9 Å². The summed E-state index contributed by atoms with van der Waals surface area (Å²) in [7, 11) is 0. The van der Waals surface area contributed by atoms with Gasteiger partial charge in [0.05, 0.1) is 0 Å². The standard InChI is InChI=1S/C16H23NO3/c1-5-12-19-14-8-6-13(7-9-14)10-11-17-15(18)20-16(2,3)4/h5-9H,1,10-12H2,2-4H3,(H,17,18). The van der Waals surface area contributed by atoms with Crippen LogP contribution >= 0.6 is 0 Å². The fourth-order valence-corrected chi connectivity index (χ4v) is 1.53. The van der Waals surface area contributed by atoms with E-state index in [0.29, 0.717) is 13.2 Å². The average molecular weight is 277 g/mol. The number of alkyl carbamates (subject to hydrolysis) is 1. The fourth-order valence-electron chi connectivity index (χ4n) is 1.53. The fraction of sp³-hybridized carbons (Fsp3) is 0.438. The first kappa shape index (κ1) is 16.1. The molecule has 1 aromatic carbocycles. The van der Waals surface area contributed by atoms with E-state index >= 15 is 0 Å². The van der Waals surface area contributed by atoms with Gasteiger partial charge in [0.25, 0.3) is 0 Å². The minimum absolute atomic E-state index is 0.386. The van der Waals surface area contributed by atoms with Crippen molar-refractivity contribution in [3.8, 4) is 5.75 Å². The Morgan fingerprint density at radius 1 is 1.30 bits per heavy atom. The minimum Gasteiger partial charge on any atom is -0.490 e. The van der Waals surface area contributed by atoms with Crippen molar-refractivity contribution in [3.63, 3.8) is 0 Å². The van der Waals surface area contributed by atoms with Crippen LogP contribution in [-0.4, -0.2) is 24.8 Å². The molecular weight excluding hydrogens is 254 g/mol. The zero-order chi connectivity index (χ0) is 15.0. The lowest BCUT2D eigenvalue weighted by molar-refractivity contribution is 0.0528. The largest absolute Gasteiger partial charge is 0.490 e. The van der Waals surface area contributed by atoms with Crippen LogP contribution in [0.15, 0.2) is 36.9 Å². The number of hydrogen-bond donors (Lipinski definition) is 1. The van der Waals surface area contributed by atoms with E-state index in [0.717, 1.165) is 17.7 Å².